The van der Waals surface area contributed by atoms with Gasteiger partial charge >= 0.3 is 0 Å². The lowest BCUT2D eigenvalue weighted by molar-refractivity contribution is 0.696. The molecule has 2 aromatic heterocycles. The average Bonchev–Trinajstić information content (AvgIpc) is 2.98. The largest absolute Gasteiger partial charge is 0.384 e. The summed E-state index contributed by atoms with van der Waals surface area (Å²) in [6, 6.07) is 3.97. The molecule has 1 aliphatic rings. The van der Waals surface area contributed by atoms with Crippen LogP contribution in [0.5, 0.6) is 0 Å². The van der Waals surface area contributed by atoms with Crippen molar-refractivity contribution in [1.82, 2.24) is 9.97 Å². The van der Waals surface area contributed by atoms with Crippen LogP contribution in [-0.4, -0.2) is 9.97 Å². The third-order valence-corrected chi connectivity index (χ3v) is 5.01. The molecule has 0 radical (unpaired) electrons. The molecule has 0 spiro atoms. The Morgan fingerprint density at radius 3 is 2.67 bits per heavy atom. The molecule has 1 saturated carbocycles. The molecular formula is C13H14BrN3S. The molecule has 18 heavy (non-hydrogen) atoms. The van der Waals surface area contributed by atoms with Gasteiger partial charge < -0.3 is 5.73 Å². The fraction of sp³-hybridized carbons (Fsp3) is 0.385. The molecular weight excluding hydrogens is 310 g/mol. The Bertz CT molecular complexity index is 561. The molecule has 0 atom stereocenters. The van der Waals surface area contributed by atoms with E-state index in [-0.39, 0.29) is 0 Å². The second kappa shape index (κ2) is 4.97. The maximum Gasteiger partial charge on any atom is 0.171 e. The number of nitrogens with two attached hydrogens (primary N) is 1. The Labute approximate surface area is 119 Å². The van der Waals surface area contributed by atoms with Crippen LogP contribution in [-0.2, 0) is 0 Å². The van der Waals surface area contributed by atoms with Crippen molar-refractivity contribution in [1.29, 1.82) is 0 Å². The molecule has 2 N–H and O–H groups in total. The van der Waals surface area contributed by atoms with Gasteiger partial charge in [0.15, 0.2) is 5.82 Å². The Balaban J connectivity index is 1.99. The Kier molecular flexibility index (Phi) is 3.35. The number of rotatable bonds is 2. The van der Waals surface area contributed by atoms with Crippen LogP contribution in [0.15, 0.2) is 22.0 Å². The highest BCUT2D eigenvalue weighted by molar-refractivity contribution is 9.10. The van der Waals surface area contributed by atoms with E-state index in [1.165, 1.54) is 25.7 Å². The lowest BCUT2D eigenvalue weighted by atomic mass is 10.0. The average molecular weight is 324 g/mol. The molecule has 94 valence electrons. The van der Waals surface area contributed by atoms with Crippen molar-refractivity contribution >= 4 is 33.1 Å². The minimum Gasteiger partial charge on any atom is -0.384 e. The molecule has 1 fully saturated rings. The fourth-order valence-electron chi connectivity index (χ4n) is 2.46. The number of halogens is 1. The summed E-state index contributed by atoms with van der Waals surface area (Å²) in [5.74, 6) is 1.90. The standard InChI is InChI=1S/C13H14BrN3S/c14-9-5-11(18-7-9)13-16-10(6-12(15)17-13)8-3-1-2-4-8/h5-8H,1-4H2,(H2,15,16,17). The zero-order valence-corrected chi connectivity index (χ0v) is 12.3. The van der Waals surface area contributed by atoms with Gasteiger partial charge in [-0.2, -0.15) is 0 Å². The van der Waals surface area contributed by atoms with E-state index in [1.807, 2.05) is 17.5 Å². The van der Waals surface area contributed by atoms with E-state index >= 15 is 0 Å². The van der Waals surface area contributed by atoms with Gasteiger partial charge in [-0.1, -0.05) is 12.8 Å². The van der Waals surface area contributed by atoms with Crippen LogP contribution in [0.3, 0.4) is 0 Å². The van der Waals surface area contributed by atoms with Crippen LogP contribution >= 0.6 is 27.3 Å². The molecule has 5 heteroatoms. The van der Waals surface area contributed by atoms with Crippen LogP contribution in [0.1, 0.15) is 37.3 Å². The minimum absolute atomic E-state index is 0.567. The van der Waals surface area contributed by atoms with Gasteiger partial charge in [-0.3, -0.25) is 0 Å². The SMILES string of the molecule is Nc1cc(C2CCCC2)nc(-c2cc(Br)cs2)n1. The summed E-state index contributed by atoms with van der Waals surface area (Å²) in [6.45, 7) is 0. The smallest absolute Gasteiger partial charge is 0.171 e. The second-order valence-electron chi connectivity index (χ2n) is 4.65. The third kappa shape index (κ3) is 2.42. The number of hydrogen-bond donors (Lipinski definition) is 1. The van der Waals surface area contributed by atoms with Crippen molar-refractivity contribution in [2.45, 2.75) is 31.6 Å². The van der Waals surface area contributed by atoms with Gasteiger partial charge in [0, 0.05) is 27.5 Å². The summed E-state index contributed by atoms with van der Waals surface area (Å²) in [7, 11) is 0. The van der Waals surface area contributed by atoms with Crippen LogP contribution in [0.2, 0.25) is 0 Å². The molecule has 2 heterocycles. The van der Waals surface area contributed by atoms with Crippen molar-refractivity contribution in [3.8, 4) is 10.7 Å². The van der Waals surface area contributed by atoms with Crippen LogP contribution in [0.4, 0.5) is 5.82 Å². The molecule has 0 aromatic carbocycles. The number of nitrogens with zero attached hydrogens (tertiary/aromatic N) is 2. The molecule has 0 unspecified atom stereocenters. The Morgan fingerprint density at radius 2 is 2.00 bits per heavy atom. The van der Waals surface area contributed by atoms with Crippen molar-refractivity contribution in [2.24, 2.45) is 0 Å². The minimum atomic E-state index is 0.567. The second-order valence-corrected chi connectivity index (χ2v) is 6.48. The topological polar surface area (TPSA) is 51.8 Å². The predicted octanol–water partition coefficient (Wildman–Crippen LogP) is 4.21. The summed E-state index contributed by atoms with van der Waals surface area (Å²) < 4.78 is 1.07. The first kappa shape index (κ1) is 12.1. The van der Waals surface area contributed by atoms with Crippen molar-refractivity contribution in [3.05, 3.63) is 27.7 Å². The number of anilines is 1. The first-order chi connectivity index (χ1) is 8.72. The number of thiophene rings is 1. The van der Waals surface area contributed by atoms with Gasteiger partial charge in [0.05, 0.1) is 4.88 Å². The van der Waals surface area contributed by atoms with Crippen LogP contribution in [0, 0.1) is 0 Å². The first-order valence-electron chi connectivity index (χ1n) is 6.11. The summed E-state index contributed by atoms with van der Waals surface area (Å²) in [5, 5.41) is 2.04. The molecule has 0 aliphatic heterocycles. The maximum absolute atomic E-state index is 5.91. The monoisotopic (exact) mass is 323 g/mol. The van der Waals surface area contributed by atoms with Crippen molar-refractivity contribution in [2.75, 3.05) is 5.73 Å². The fourth-order valence-corrected chi connectivity index (χ4v) is 3.82. The van der Waals surface area contributed by atoms with Gasteiger partial charge in [-0.15, -0.1) is 11.3 Å². The van der Waals surface area contributed by atoms with E-state index in [0.29, 0.717) is 11.7 Å². The molecule has 0 amide bonds. The quantitative estimate of drug-likeness (QED) is 0.900. The van der Waals surface area contributed by atoms with E-state index in [4.69, 9.17) is 10.7 Å². The molecule has 2 aromatic rings. The first-order valence-corrected chi connectivity index (χ1v) is 7.78. The summed E-state index contributed by atoms with van der Waals surface area (Å²) in [6.07, 6.45) is 5.05. The highest BCUT2D eigenvalue weighted by atomic mass is 79.9. The zero-order valence-electron chi connectivity index (χ0n) is 9.90. The van der Waals surface area contributed by atoms with Gasteiger partial charge in [0.1, 0.15) is 5.82 Å². The van der Waals surface area contributed by atoms with Gasteiger partial charge in [0.25, 0.3) is 0 Å². The van der Waals surface area contributed by atoms with Crippen LogP contribution in [0.25, 0.3) is 10.7 Å². The van der Waals surface area contributed by atoms with E-state index in [0.717, 1.165) is 20.9 Å². The Hall–Kier alpha value is -0.940. The number of aromatic nitrogens is 2. The summed E-state index contributed by atoms with van der Waals surface area (Å²) in [4.78, 5) is 10.1. The summed E-state index contributed by atoms with van der Waals surface area (Å²) in [5.41, 5.74) is 7.02. The van der Waals surface area contributed by atoms with E-state index in [2.05, 4.69) is 20.9 Å². The molecule has 1 aliphatic carbocycles. The van der Waals surface area contributed by atoms with Gasteiger partial charge in [-0.25, -0.2) is 9.97 Å². The lowest BCUT2D eigenvalue weighted by Crippen LogP contribution is -2.02. The molecule has 0 bridgehead atoms. The number of hydrogen-bond acceptors (Lipinski definition) is 4. The van der Waals surface area contributed by atoms with Gasteiger partial charge in [0.2, 0.25) is 0 Å². The highest BCUT2D eigenvalue weighted by Crippen LogP contribution is 2.35. The normalized spacial score (nSPS) is 16.3. The zero-order chi connectivity index (χ0) is 12.5. The lowest BCUT2D eigenvalue weighted by Gasteiger charge is -2.10. The summed E-state index contributed by atoms with van der Waals surface area (Å²) >= 11 is 5.09. The maximum atomic E-state index is 5.91. The molecule has 3 rings (SSSR count). The van der Waals surface area contributed by atoms with Crippen molar-refractivity contribution < 1.29 is 0 Å². The number of nitrogen functional groups attached to an aromatic ring is 1. The third-order valence-electron chi connectivity index (χ3n) is 3.33. The van der Waals surface area contributed by atoms with Crippen LogP contribution < -0.4 is 5.73 Å². The van der Waals surface area contributed by atoms with E-state index in [9.17, 15) is 0 Å². The highest BCUT2D eigenvalue weighted by Gasteiger charge is 2.20. The van der Waals surface area contributed by atoms with E-state index < -0.39 is 0 Å². The van der Waals surface area contributed by atoms with Gasteiger partial charge in [-0.05, 0) is 34.8 Å². The molecule has 0 saturated heterocycles. The van der Waals surface area contributed by atoms with Crippen molar-refractivity contribution in [3.63, 3.8) is 0 Å². The predicted molar refractivity (Wildman–Crippen MR) is 78.7 cm³/mol. The Morgan fingerprint density at radius 1 is 1.22 bits per heavy atom. The van der Waals surface area contributed by atoms with E-state index in [1.54, 1.807) is 11.3 Å². The molecule has 3 nitrogen and oxygen atoms in total.